The van der Waals surface area contributed by atoms with Crippen LogP contribution in [0.2, 0.25) is 0 Å². The van der Waals surface area contributed by atoms with E-state index in [2.05, 4.69) is 46.0 Å². The predicted octanol–water partition coefficient (Wildman–Crippen LogP) is 3.36. The fourth-order valence-corrected chi connectivity index (χ4v) is 3.89. The van der Waals surface area contributed by atoms with Crippen molar-refractivity contribution in [1.82, 2.24) is 19.9 Å². The van der Waals surface area contributed by atoms with Crippen molar-refractivity contribution in [3.8, 4) is 0 Å². The lowest BCUT2D eigenvalue weighted by molar-refractivity contribution is 0.0392. The second-order valence-corrected chi connectivity index (χ2v) is 8.08. The summed E-state index contributed by atoms with van der Waals surface area (Å²) in [6, 6.07) is 3.97. The Labute approximate surface area is 150 Å². The zero-order valence-electron chi connectivity index (χ0n) is 14.6. The lowest BCUT2D eigenvalue weighted by Crippen LogP contribution is -2.38. The second-order valence-electron chi connectivity index (χ2n) is 7.19. The van der Waals surface area contributed by atoms with Crippen LogP contribution < -0.4 is 4.90 Å². The van der Waals surface area contributed by atoms with Gasteiger partial charge in [-0.2, -0.15) is 0 Å². The molecule has 0 aromatic carbocycles. The number of hydrogen-bond acceptors (Lipinski definition) is 7. The highest BCUT2D eigenvalue weighted by Gasteiger charge is 2.27. The van der Waals surface area contributed by atoms with E-state index in [0.29, 0.717) is 12.3 Å². The Bertz CT molecular complexity index is 888. The molecular weight excluding hydrogens is 334 g/mol. The minimum absolute atomic E-state index is 0.0193. The first-order chi connectivity index (χ1) is 12.0. The van der Waals surface area contributed by atoms with Gasteiger partial charge in [0.15, 0.2) is 5.65 Å². The highest BCUT2D eigenvalue weighted by molar-refractivity contribution is 7.09. The van der Waals surface area contributed by atoms with Gasteiger partial charge < -0.3 is 9.64 Å². The molecule has 3 aromatic heterocycles. The van der Waals surface area contributed by atoms with Crippen LogP contribution in [0.15, 0.2) is 29.9 Å². The summed E-state index contributed by atoms with van der Waals surface area (Å²) in [6.07, 6.45) is 3.34. The number of fused-ring (bicyclic) bond motifs is 1. The van der Waals surface area contributed by atoms with Crippen LogP contribution in [0.5, 0.6) is 0 Å². The van der Waals surface area contributed by atoms with Crippen molar-refractivity contribution in [3.05, 3.63) is 40.6 Å². The van der Waals surface area contributed by atoms with Gasteiger partial charge in [-0.25, -0.2) is 15.0 Å². The summed E-state index contributed by atoms with van der Waals surface area (Å²) in [5, 5.41) is 3.18. The molecule has 0 radical (unpaired) electrons. The number of thiazole rings is 1. The van der Waals surface area contributed by atoms with Gasteiger partial charge in [0.05, 0.1) is 18.8 Å². The van der Waals surface area contributed by atoms with Crippen molar-refractivity contribution in [3.63, 3.8) is 0 Å². The van der Waals surface area contributed by atoms with Crippen LogP contribution in [0.25, 0.3) is 11.2 Å². The molecule has 130 valence electrons. The first-order valence-corrected chi connectivity index (χ1v) is 9.29. The summed E-state index contributed by atoms with van der Waals surface area (Å²) in [5.74, 6) is 0.911. The summed E-state index contributed by atoms with van der Waals surface area (Å²) in [5.41, 5.74) is 2.66. The highest BCUT2D eigenvalue weighted by Crippen LogP contribution is 2.31. The smallest absolute Gasteiger partial charge is 0.180 e. The van der Waals surface area contributed by atoms with E-state index in [1.54, 1.807) is 23.7 Å². The monoisotopic (exact) mass is 355 g/mol. The average molecular weight is 355 g/mol. The average Bonchev–Trinajstić information content (AvgIpc) is 3.12. The number of pyridine rings is 1. The van der Waals surface area contributed by atoms with Crippen molar-refractivity contribution in [2.75, 3.05) is 24.6 Å². The standard InChI is InChI=1S/C18H21N5OS/c1-18(2,3)14-11-25-17(21-14)13-10-23(8-9-24-13)15-5-4-12-16(22-15)20-7-6-19-12/h4-7,11,13H,8-10H2,1-3H3. The number of hydrogen-bond donors (Lipinski definition) is 0. The molecule has 1 fully saturated rings. The van der Waals surface area contributed by atoms with Crippen molar-refractivity contribution < 1.29 is 4.74 Å². The van der Waals surface area contributed by atoms with Crippen molar-refractivity contribution >= 4 is 28.3 Å². The summed E-state index contributed by atoms with van der Waals surface area (Å²) >= 11 is 1.68. The van der Waals surface area contributed by atoms with Crippen LogP contribution in [0.4, 0.5) is 5.82 Å². The summed E-state index contributed by atoms with van der Waals surface area (Å²) in [4.78, 5) is 20.3. The third-order valence-electron chi connectivity index (χ3n) is 4.27. The third kappa shape index (κ3) is 3.34. The molecule has 1 saturated heterocycles. The molecule has 0 amide bonds. The van der Waals surface area contributed by atoms with E-state index >= 15 is 0 Å². The summed E-state index contributed by atoms with van der Waals surface area (Å²) < 4.78 is 5.98. The van der Waals surface area contributed by atoms with Crippen LogP contribution in [0.1, 0.15) is 37.6 Å². The Kier molecular flexibility index (Phi) is 4.13. The topological polar surface area (TPSA) is 64.0 Å². The maximum Gasteiger partial charge on any atom is 0.180 e. The van der Waals surface area contributed by atoms with Gasteiger partial charge in [0.25, 0.3) is 0 Å². The number of rotatable bonds is 2. The minimum atomic E-state index is -0.0193. The Morgan fingerprint density at radius 3 is 2.80 bits per heavy atom. The number of aromatic nitrogens is 4. The van der Waals surface area contributed by atoms with E-state index in [1.807, 2.05) is 12.1 Å². The highest BCUT2D eigenvalue weighted by atomic mass is 32.1. The van der Waals surface area contributed by atoms with E-state index in [0.717, 1.165) is 35.1 Å². The van der Waals surface area contributed by atoms with E-state index in [1.165, 1.54) is 0 Å². The van der Waals surface area contributed by atoms with Crippen LogP contribution in [0.3, 0.4) is 0 Å². The van der Waals surface area contributed by atoms with Crippen molar-refractivity contribution in [2.24, 2.45) is 0 Å². The lowest BCUT2D eigenvalue weighted by Gasteiger charge is -2.32. The van der Waals surface area contributed by atoms with Gasteiger partial charge in [-0.15, -0.1) is 11.3 Å². The maximum atomic E-state index is 5.98. The SMILES string of the molecule is CC(C)(C)c1csc(C2CN(c3ccc4nccnc4n3)CCO2)n1. The molecule has 4 rings (SSSR count). The molecular formula is C18H21N5OS. The van der Waals surface area contributed by atoms with E-state index in [-0.39, 0.29) is 11.5 Å². The lowest BCUT2D eigenvalue weighted by atomic mass is 9.93. The van der Waals surface area contributed by atoms with Gasteiger partial charge in [0, 0.05) is 29.7 Å². The maximum absolute atomic E-state index is 5.98. The molecule has 0 aliphatic carbocycles. The van der Waals surface area contributed by atoms with Gasteiger partial charge in [-0.3, -0.25) is 4.98 Å². The second kappa shape index (κ2) is 6.31. The molecule has 0 saturated carbocycles. The third-order valence-corrected chi connectivity index (χ3v) is 5.21. The molecule has 1 unspecified atom stereocenters. The minimum Gasteiger partial charge on any atom is -0.367 e. The molecule has 6 nitrogen and oxygen atoms in total. The zero-order chi connectivity index (χ0) is 17.4. The molecule has 1 atom stereocenters. The molecule has 0 spiro atoms. The van der Waals surface area contributed by atoms with Crippen molar-refractivity contribution in [1.29, 1.82) is 0 Å². The van der Waals surface area contributed by atoms with Crippen LogP contribution in [0, 0.1) is 0 Å². The molecule has 0 bridgehead atoms. The van der Waals surface area contributed by atoms with Gasteiger partial charge in [-0.05, 0) is 12.1 Å². The Balaban J connectivity index is 1.56. The molecule has 7 heteroatoms. The van der Waals surface area contributed by atoms with E-state index in [4.69, 9.17) is 9.72 Å². The Morgan fingerprint density at radius 2 is 2.00 bits per heavy atom. The number of anilines is 1. The van der Waals surface area contributed by atoms with Gasteiger partial charge in [0.2, 0.25) is 0 Å². The molecule has 3 aromatic rings. The fraction of sp³-hybridized carbons (Fsp3) is 0.444. The molecule has 1 aliphatic rings. The van der Waals surface area contributed by atoms with Crippen LogP contribution in [-0.4, -0.2) is 39.6 Å². The first-order valence-electron chi connectivity index (χ1n) is 8.41. The van der Waals surface area contributed by atoms with E-state index in [9.17, 15) is 0 Å². The number of ether oxygens (including phenoxy) is 1. The van der Waals surface area contributed by atoms with Crippen LogP contribution in [-0.2, 0) is 10.2 Å². The predicted molar refractivity (Wildman–Crippen MR) is 99.1 cm³/mol. The molecule has 4 heterocycles. The van der Waals surface area contributed by atoms with Crippen LogP contribution >= 0.6 is 11.3 Å². The Morgan fingerprint density at radius 1 is 1.16 bits per heavy atom. The molecule has 25 heavy (non-hydrogen) atoms. The number of morpholine rings is 1. The summed E-state index contributed by atoms with van der Waals surface area (Å²) in [7, 11) is 0. The quantitative estimate of drug-likeness (QED) is 0.702. The van der Waals surface area contributed by atoms with Gasteiger partial charge in [-0.1, -0.05) is 20.8 Å². The molecule has 1 aliphatic heterocycles. The van der Waals surface area contributed by atoms with Gasteiger partial charge in [0.1, 0.15) is 22.4 Å². The zero-order valence-corrected chi connectivity index (χ0v) is 15.5. The largest absolute Gasteiger partial charge is 0.367 e. The Hall–Kier alpha value is -2.12. The van der Waals surface area contributed by atoms with E-state index < -0.39 is 0 Å². The molecule has 0 N–H and O–H groups in total. The summed E-state index contributed by atoms with van der Waals surface area (Å²) in [6.45, 7) is 8.76. The number of nitrogens with zero attached hydrogens (tertiary/aromatic N) is 5. The van der Waals surface area contributed by atoms with Gasteiger partial charge >= 0.3 is 0 Å². The van der Waals surface area contributed by atoms with Crippen molar-refractivity contribution in [2.45, 2.75) is 32.3 Å². The fourth-order valence-electron chi connectivity index (χ4n) is 2.81. The normalized spacial score (nSPS) is 18.7. The first kappa shape index (κ1) is 16.4.